The molecule has 1 N–H and O–H groups in total. The second kappa shape index (κ2) is 18.5. The topological polar surface area (TPSA) is 223 Å². The molecule has 2 amide bonds. The number of carboxylic acids is 1. The van der Waals surface area contributed by atoms with Crippen LogP contribution in [0.5, 0.6) is 0 Å². The van der Waals surface area contributed by atoms with E-state index in [2.05, 4.69) is 20.3 Å². The first-order chi connectivity index (χ1) is 28.0. The molecule has 0 unspecified atom stereocenters. The Morgan fingerprint density at radius 1 is 0.672 bits per heavy atom. The van der Waals surface area contributed by atoms with Gasteiger partial charge in [0.15, 0.2) is 0 Å². The number of rotatable bonds is 11. The molecular weight excluding hydrogens is 859 g/mol. The number of hydrogen-bond donors (Lipinski definition) is 1. The number of alkyl halides is 4. The number of carbonyl (C=O) groups is 6. The van der Waals surface area contributed by atoms with Crippen molar-refractivity contribution in [1.82, 2.24) is 15.0 Å². The van der Waals surface area contributed by atoms with E-state index in [1.165, 1.54) is 33.4 Å². The summed E-state index contributed by atoms with van der Waals surface area (Å²) in [4.78, 5) is 97.5. The van der Waals surface area contributed by atoms with Gasteiger partial charge in [-0.1, -0.05) is 10.3 Å². The third-order valence-corrected chi connectivity index (χ3v) is 10.6. The maximum Gasteiger partial charge on any atom is 0.387 e. The van der Waals surface area contributed by atoms with E-state index in [1.54, 1.807) is 55.4 Å². The first-order valence-electron chi connectivity index (χ1n) is 19.0. The van der Waals surface area contributed by atoms with Gasteiger partial charge in [0.1, 0.15) is 22.6 Å². The first-order valence-corrected chi connectivity index (χ1v) is 20.7. The molecule has 2 aliphatic carbocycles. The molecule has 61 heavy (non-hydrogen) atoms. The molecule has 2 aromatic rings. The van der Waals surface area contributed by atoms with Crippen molar-refractivity contribution in [2.24, 2.45) is 10.3 Å². The van der Waals surface area contributed by atoms with E-state index in [0.717, 1.165) is 0 Å². The van der Waals surface area contributed by atoms with Gasteiger partial charge in [-0.25, -0.2) is 46.7 Å². The van der Waals surface area contributed by atoms with Crippen molar-refractivity contribution in [1.29, 1.82) is 0 Å². The van der Waals surface area contributed by atoms with E-state index in [1.807, 2.05) is 0 Å². The minimum absolute atomic E-state index is 0.00655. The lowest BCUT2D eigenvalue weighted by molar-refractivity contribution is -0.199. The Morgan fingerprint density at radius 2 is 1.03 bits per heavy atom. The molecule has 0 bridgehead atoms. The highest BCUT2D eigenvalue weighted by Gasteiger charge is 2.54. The number of hydroxylamine groups is 2. The quantitative estimate of drug-likeness (QED) is 0.0824. The van der Waals surface area contributed by atoms with Gasteiger partial charge in [-0.15, -0.1) is 27.7 Å². The van der Waals surface area contributed by atoms with Gasteiger partial charge >= 0.3 is 23.9 Å². The second-order valence-corrected chi connectivity index (χ2v) is 18.7. The lowest BCUT2D eigenvalue weighted by atomic mass is 9.82. The minimum Gasteiger partial charge on any atom is -0.476 e. The van der Waals surface area contributed by atoms with Gasteiger partial charge in [0.2, 0.25) is 34.5 Å². The van der Waals surface area contributed by atoms with Crippen molar-refractivity contribution < 1.29 is 75.4 Å². The number of aryl methyl sites for hydroxylation is 2. The summed E-state index contributed by atoms with van der Waals surface area (Å²) in [5.41, 5.74) is -6.37. The highest BCUT2D eigenvalue weighted by molar-refractivity contribution is 7.10. The van der Waals surface area contributed by atoms with Gasteiger partial charge in [-0.05, 0) is 55.4 Å². The highest BCUT2D eigenvalue weighted by Crippen LogP contribution is 2.43. The Kier molecular flexibility index (Phi) is 14.7. The van der Waals surface area contributed by atoms with Gasteiger partial charge < -0.3 is 29.1 Å². The number of imide groups is 1. The number of esters is 2. The van der Waals surface area contributed by atoms with Crippen LogP contribution in [0.1, 0.15) is 127 Å². The van der Waals surface area contributed by atoms with Gasteiger partial charge in [0.25, 0.3) is 11.8 Å². The van der Waals surface area contributed by atoms with Crippen molar-refractivity contribution in [3.63, 3.8) is 0 Å². The number of carbonyl (C=O) groups excluding carboxylic acids is 5. The van der Waals surface area contributed by atoms with E-state index in [4.69, 9.17) is 24.0 Å². The summed E-state index contributed by atoms with van der Waals surface area (Å²) in [5, 5.41) is 21.2. The maximum atomic E-state index is 13.8. The van der Waals surface area contributed by atoms with Crippen molar-refractivity contribution in [3.05, 3.63) is 32.2 Å². The Labute approximate surface area is 355 Å². The SMILES string of the molecule is Cc1nc(/C(=N/OC2(C(=O)OC(C)(C)C)CCC(F)(F)CC2)C(=O)O)cs1.Cc1nc(/C(=N/OC2(C(=O)OC(C)(C)C)CCC(F)(F)CC2)C(=O)ON2C(=O)CCC2=O)cs1. The van der Waals surface area contributed by atoms with Crippen LogP contribution in [0.25, 0.3) is 0 Å². The van der Waals surface area contributed by atoms with E-state index in [-0.39, 0.29) is 37.1 Å². The summed E-state index contributed by atoms with van der Waals surface area (Å²) in [6.07, 6.45) is -4.15. The maximum absolute atomic E-state index is 13.8. The van der Waals surface area contributed by atoms with Gasteiger partial charge in [-0.3, -0.25) is 9.59 Å². The number of thiazole rings is 2. The average Bonchev–Trinajstić information content (AvgIpc) is 3.85. The molecule has 3 aliphatic rings. The molecule has 1 saturated heterocycles. The monoisotopic (exact) mass is 905 g/mol. The van der Waals surface area contributed by atoms with Crippen molar-refractivity contribution in [2.75, 3.05) is 0 Å². The van der Waals surface area contributed by atoms with E-state index in [0.29, 0.717) is 15.1 Å². The van der Waals surface area contributed by atoms with Crippen molar-refractivity contribution >= 4 is 69.8 Å². The van der Waals surface area contributed by atoms with Gasteiger partial charge in [0, 0.05) is 75.0 Å². The van der Waals surface area contributed by atoms with E-state index >= 15 is 0 Å². The van der Waals surface area contributed by atoms with Gasteiger partial charge in [-0.2, -0.15) is 0 Å². The van der Waals surface area contributed by atoms with Crippen LogP contribution >= 0.6 is 22.7 Å². The number of carboxylic acid groups (broad SMARTS) is 1. The Bertz CT molecular complexity index is 2040. The molecule has 0 atom stereocenters. The number of nitrogens with zero attached hydrogens (tertiary/aromatic N) is 5. The predicted molar refractivity (Wildman–Crippen MR) is 208 cm³/mol. The molecule has 3 fully saturated rings. The van der Waals surface area contributed by atoms with Crippen LogP contribution in [0, 0.1) is 13.8 Å². The smallest absolute Gasteiger partial charge is 0.387 e. The van der Waals surface area contributed by atoms with Crippen LogP contribution in [0.2, 0.25) is 0 Å². The average molecular weight is 906 g/mol. The predicted octanol–water partition coefficient (Wildman–Crippen LogP) is 6.62. The lowest BCUT2D eigenvalue weighted by Gasteiger charge is -2.37. The fourth-order valence-electron chi connectivity index (χ4n) is 5.83. The highest BCUT2D eigenvalue weighted by atomic mass is 32.1. The van der Waals surface area contributed by atoms with Crippen molar-refractivity contribution in [2.45, 2.75) is 154 Å². The summed E-state index contributed by atoms with van der Waals surface area (Å²) in [5.74, 6) is -11.7. The fourth-order valence-corrected chi connectivity index (χ4v) is 7.02. The summed E-state index contributed by atoms with van der Waals surface area (Å²) in [7, 11) is 0. The van der Waals surface area contributed by atoms with Crippen LogP contribution in [0.3, 0.4) is 0 Å². The molecule has 0 radical (unpaired) electrons. The van der Waals surface area contributed by atoms with Crippen LogP contribution in [0.4, 0.5) is 17.6 Å². The number of hydrogen-bond acceptors (Lipinski definition) is 17. The van der Waals surface area contributed by atoms with E-state index in [9.17, 15) is 51.4 Å². The molecule has 5 rings (SSSR count). The number of aromatic nitrogens is 2. The summed E-state index contributed by atoms with van der Waals surface area (Å²) in [6.45, 7) is 13.1. The molecule has 336 valence electrons. The Balaban J connectivity index is 0.000000276. The third kappa shape index (κ3) is 13.2. The molecule has 3 heterocycles. The number of amides is 2. The van der Waals surface area contributed by atoms with Crippen LogP contribution < -0.4 is 0 Å². The van der Waals surface area contributed by atoms with Crippen LogP contribution in [-0.4, -0.2) is 102 Å². The minimum atomic E-state index is -2.98. The van der Waals surface area contributed by atoms with E-state index < -0.39 is 120 Å². The molecule has 2 saturated carbocycles. The zero-order valence-corrected chi connectivity index (χ0v) is 36.4. The first kappa shape index (κ1) is 48.6. The molecule has 17 nitrogen and oxygen atoms in total. The Morgan fingerprint density at radius 3 is 1.36 bits per heavy atom. The molecule has 1 aliphatic heterocycles. The lowest BCUT2D eigenvalue weighted by Crippen LogP contribution is -2.49. The number of oxime groups is 2. The molecule has 0 spiro atoms. The standard InChI is InChI=1S/C21H25F2N3O7S.C17H22F2N2O5S/c1-12-24-13(11-34-12)16(17(29)32-26-14(27)5-6-15(26)28)25-33-20(18(30)31-19(2,3)4)7-9-21(22,23)10-8-20;1-10-20-11(9-27-10)12(13(22)23)21-26-16(14(24)25-15(2,3)4)5-7-17(18,19)8-6-16/h11H,5-10H2,1-4H3;9H,5-8H2,1-4H3,(H,22,23)/b25-16-;21-12-. The number of ether oxygens (including phenoxy) is 2. The molecule has 2 aromatic heterocycles. The zero-order chi connectivity index (χ0) is 45.8. The van der Waals surface area contributed by atoms with Crippen LogP contribution in [-0.2, 0) is 52.8 Å². The number of halogens is 4. The summed E-state index contributed by atoms with van der Waals surface area (Å²) in [6, 6.07) is 0. The van der Waals surface area contributed by atoms with Crippen LogP contribution in [0.15, 0.2) is 21.1 Å². The molecule has 23 heteroatoms. The van der Waals surface area contributed by atoms with Gasteiger partial charge in [0.05, 0.1) is 10.0 Å². The zero-order valence-electron chi connectivity index (χ0n) is 34.7. The molecule has 0 aromatic carbocycles. The fraction of sp³-hybridized carbons (Fsp3) is 0.632. The Hall–Kier alpha value is -5.06. The second-order valence-electron chi connectivity index (χ2n) is 16.5. The third-order valence-electron chi connectivity index (χ3n) is 9.04. The largest absolute Gasteiger partial charge is 0.476 e. The molecular formula is C38H47F4N5O12S2. The number of aliphatic carboxylic acids is 1. The summed E-state index contributed by atoms with van der Waals surface area (Å²) < 4.78 is 65.6. The normalized spacial score (nSPS) is 19.9. The summed E-state index contributed by atoms with van der Waals surface area (Å²) >= 11 is 2.40. The van der Waals surface area contributed by atoms with Crippen molar-refractivity contribution in [3.8, 4) is 0 Å².